The third kappa shape index (κ3) is 4.98. The molecule has 0 spiro atoms. The van der Waals surface area contributed by atoms with Gasteiger partial charge < -0.3 is 0 Å². The lowest BCUT2D eigenvalue weighted by Crippen LogP contribution is -2.60. The van der Waals surface area contributed by atoms with Crippen molar-refractivity contribution >= 4 is 0 Å². The summed E-state index contributed by atoms with van der Waals surface area (Å²) in [6, 6.07) is 0. The predicted molar refractivity (Wildman–Crippen MR) is 108 cm³/mol. The number of hydrogen-bond acceptors (Lipinski definition) is 0. The minimum Gasteiger partial charge on any atom is -0.206 e. The van der Waals surface area contributed by atoms with Crippen molar-refractivity contribution in [1.82, 2.24) is 0 Å². The Balaban J connectivity index is 6.08. The van der Waals surface area contributed by atoms with Crippen LogP contribution in [0.25, 0.3) is 0 Å². The average molecular weight is 361 g/mol. The van der Waals surface area contributed by atoms with Crippen LogP contribution in [-0.4, -0.2) is 5.92 Å². The summed E-state index contributed by atoms with van der Waals surface area (Å²) in [5.41, 5.74) is -3.17. The molecule has 0 fully saturated rings. The molecule has 0 atom stereocenters. The van der Waals surface area contributed by atoms with Crippen LogP contribution in [0, 0.1) is 32.5 Å². The first-order valence-corrected chi connectivity index (χ1v) is 9.79. The first kappa shape index (κ1) is 24.9. The molecular formula is C23H46F2. The summed E-state index contributed by atoms with van der Waals surface area (Å²) in [7, 11) is 0. The average Bonchev–Trinajstić information content (AvgIpc) is 2.20. The molecule has 0 bridgehead atoms. The Kier molecular flexibility index (Phi) is 6.45. The van der Waals surface area contributed by atoms with Gasteiger partial charge in [-0.05, 0) is 34.5 Å². The molecule has 0 saturated carbocycles. The highest BCUT2D eigenvalue weighted by Crippen LogP contribution is 2.64. The minimum atomic E-state index is -2.80. The molecule has 0 amide bonds. The van der Waals surface area contributed by atoms with E-state index in [9.17, 15) is 0 Å². The first-order valence-electron chi connectivity index (χ1n) is 9.79. The fourth-order valence-corrected chi connectivity index (χ4v) is 4.72. The van der Waals surface area contributed by atoms with E-state index in [1.165, 1.54) is 0 Å². The maximum atomic E-state index is 16.1. The van der Waals surface area contributed by atoms with E-state index in [1.807, 2.05) is 27.7 Å². The van der Waals surface area contributed by atoms with Gasteiger partial charge >= 0.3 is 0 Å². The Morgan fingerprint density at radius 2 is 0.640 bits per heavy atom. The van der Waals surface area contributed by atoms with Crippen LogP contribution in [0.2, 0.25) is 0 Å². The summed E-state index contributed by atoms with van der Waals surface area (Å²) in [4.78, 5) is 0. The van der Waals surface area contributed by atoms with Crippen LogP contribution in [0.4, 0.5) is 8.78 Å². The molecule has 2 heteroatoms. The van der Waals surface area contributed by atoms with E-state index in [4.69, 9.17) is 0 Å². The van der Waals surface area contributed by atoms with Gasteiger partial charge in [-0.15, -0.1) is 0 Å². The molecule has 0 nitrogen and oxygen atoms in total. The van der Waals surface area contributed by atoms with Crippen LogP contribution in [0.15, 0.2) is 0 Å². The van der Waals surface area contributed by atoms with E-state index in [0.29, 0.717) is 0 Å². The van der Waals surface area contributed by atoms with Crippen molar-refractivity contribution in [3.8, 4) is 0 Å². The quantitative estimate of drug-likeness (QED) is 0.445. The molecule has 152 valence electrons. The smallest absolute Gasteiger partial charge is 0.206 e. The Hall–Kier alpha value is -0.140. The highest BCUT2D eigenvalue weighted by molar-refractivity contribution is 5.08. The molecule has 0 aromatic heterocycles. The zero-order chi connectivity index (χ0) is 20.9. The predicted octanol–water partition coefficient (Wildman–Crippen LogP) is 8.60. The molecule has 0 N–H and O–H groups in total. The highest BCUT2D eigenvalue weighted by Gasteiger charge is 2.66. The lowest BCUT2D eigenvalue weighted by molar-refractivity contribution is -0.260. The first-order chi connectivity index (χ1) is 10.4. The second-order valence-electron chi connectivity index (χ2n) is 13.1. The van der Waals surface area contributed by atoms with Gasteiger partial charge in [0.1, 0.15) is 0 Å². The maximum Gasteiger partial charge on any atom is 0.259 e. The molecule has 0 heterocycles. The second-order valence-corrected chi connectivity index (χ2v) is 13.1. The van der Waals surface area contributed by atoms with Crippen molar-refractivity contribution in [2.24, 2.45) is 32.5 Å². The van der Waals surface area contributed by atoms with Crippen LogP contribution in [0.1, 0.15) is 110 Å². The largest absolute Gasteiger partial charge is 0.259 e. The topological polar surface area (TPSA) is 0 Å². The molecule has 25 heavy (non-hydrogen) atoms. The fraction of sp³-hybridized carbons (Fsp3) is 1.00. The van der Waals surface area contributed by atoms with Gasteiger partial charge in [-0.1, -0.05) is 96.9 Å². The van der Waals surface area contributed by atoms with Crippen molar-refractivity contribution < 1.29 is 8.78 Å². The van der Waals surface area contributed by atoms with Crippen LogP contribution in [0.5, 0.6) is 0 Å². The van der Waals surface area contributed by atoms with Crippen molar-refractivity contribution in [3.63, 3.8) is 0 Å². The van der Waals surface area contributed by atoms with Crippen molar-refractivity contribution in [3.05, 3.63) is 0 Å². The van der Waals surface area contributed by atoms with Gasteiger partial charge in [-0.2, -0.15) is 0 Å². The zero-order valence-corrected chi connectivity index (χ0v) is 19.7. The number of alkyl halides is 2. The van der Waals surface area contributed by atoms with E-state index in [-0.39, 0.29) is 10.8 Å². The van der Waals surface area contributed by atoms with Crippen LogP contribution < -0.4 is 0 Å². The van der Waals surface area contributed by atoms with E-state index in [0.717, 1.165) is 12.8 Å². The van der Waals surface area contributed by atoms with E-state index in [2.05, 4.69) is 41.5 Å². The minimum absolute atomic E-state index is 0.0158. The van der Waals surface area contributed by atoms with Gasteiger partial charge in [-0.25, -0.2) is 8.78 Å². The van der Waals surface area contributed by atoms with Gasteiger partial charge in [0.2, 0.25) is 0 Å². The zero-order valence-electron chi connectivity index (χ0n) is 19.7. The molecule has 0 aliphatic heterocycles. The van der Waals surface area contributed by atoms with E-state index in [1.54, 1.807) is 27.7 Å². The molecule has 0 radical (unpaired) electrons. The van der Waals surface area contributed by atoms with Gasteiger partial charge in [0, 0.05) is 10.8 Å². The fourth-order valence-electron chi connectivity index (χ4n) is 4.72. The summed E-state index contributed by atoms with van der Waals surface area (Å²) in [5, 5.41) is 0. The number of hydrogen-bond donors (Lipinski definition) is 0. The van der Waals surface area contributed by atoms with E-state index < -0.39 is 27.6 Å². The SMILES string of the molecule is CC(C)(C)CC(C)(C)C(C)(C)C(F)(F)C(C)(C)C(C)(C)CC(C)(C)C. The summed E-state index contributed by atoms with van der Waals surface area (Å²) in [5.74, 6) is -2.80. The summed E-state index contributed by atoms with van der Waals surface area (Å²) in [6.45, 7) is 28.0. The van der Waals surface area contributed by atoms with Gasteiger partial charge in [-0.3, -0.25) is 0 Å². The highest BCUT2D eigenvalue weighted by atomic mass is 19.3. The Morgan fingerprint density at radius 3 is 0.800 bits per heavy atom. The third-order valence-electron chi connectivity index (χ3n) is 6.90. The van der Waals surface area contributed by atoms with Crippen LogP contribution in [0.3, 0.4) is 0 Å². The van der Waals surface area contributed by atoms with Crippen molar-refractivity contribution in [2.45, 2.75) is 116 Å². The molecule has 0 aliphatic rings. The molecule has 0 saturated heterocycles. The molecule has 0 unspecified atom stereocenters. The van der Waals surface area contributed by atoms with Crippen molar-refractivity contribution in [1.29, 1.82) is 0 Å². The summed E-state index contributed by atoms with van der Waals surface area (Å²) >= 11 is 0. The standard InChI is InChI=1S/C23H46F2/c1-17(2,3)15-19(7,8)21(11,12)23(24,25)22(13,14)20(9,10)16-18(4,5)6/h15-16H2,1-14H3. The lowest BCUT2D eigenvalue weighted by Gasteiger charge is -2.58. The monoisotopic (exact) mass is 360 g/mol. The second kappa shape index (κ2) is 6.48. The van der Waals surface area contributed by atoms with Gasteiger partial charge in [0.05, 0.1) is 0 Å². The normalized spacial score (nSPS) is 16.3. The molecule has 0 aromatic carbocycles. The number of rotatable bonds is 6. The van der Waals surface area contributed by atoms with Crippen LogP contribution >= 0.6 is 0 Å². The maximum absolute atomic E-state index is 16.1. The Morgan fingerprint density at radius 1 is 0.440 bits per heavy atom. The van der Waals surface area contributed by atoms with Crippen LogP contribution in [-0.2, 0) is 0 Å². The van der Waals surface area contributed by atoms with E-state index >= 15 is 8.78 Å². The van der Waals surface area contributed by atoms with Crippen molar-refractivity contribution in [2.75, 3.05) is 0 Å². The third-order valence-corrected chi connectivity index (χ3v) is 6.90. The van der Waals surface area contributed by atoms with Gasteiger partial charge in [0.15, 0.2) is 0 Å². The Labute approximate surface area is 157 Å². The van der Waals surface area contributed by atoms with Gasteiger partial charge in [0.25, 0.3) is 5.92 Å². The molecule has 0 aromatic rings. The summed E-state index contributed by atoms with van der Waals surface area (Å²) in [6.07, 6.45) is 1.52. The molecule has 0 rings (SSSR count). The summed E-state index contributed by atoms with van der Waals surface area (Å²) < 4.78 is 32.2. The number of halogens is 2. The molecular weight excluding hydrogens is 314 g/mol. The lowest BCUT2D eigenvalue weighted by atomic mass is 9.49. The molecule has 0 aliphatic carbocycles. The Bertz CT molecular complexity index is 409.